The van der Waals surface area contributed by atoms with Gasteiger partial charge in [0.05, 0.1) is 33.3 Å². The monoisotopic (exact) mass is 585 g/mol. The molecule has 214 valence electrons. The zero-order valence-electron chi connectivity index (χ0n) is 24.9. The quantitative estimate of drug-likeness (QED) is 0.202. The highest BCUT2D eigenvalue weighted by molar-refractivity contribution is 6.12. The highest BCUT2D eigenvalue weighted by atomic mass is 15.0. The van der Waals surface area contributed by atoms with Crippen LogP contribution in [0.5, 0.6) is 0 Å². The second kappa shape index (κ2) is 10.4. The highest BCUT2D eigenvalue weighted by Gasteiger charge is 2.16. The van der Waals surface area contributed by atoms with Gasteiger partial charge in [-0.2, -0.15) is 5.26 Å². The fraction of sp³-hybridized carbons (Fsp3) is 0. The fourth-order valence-corrected chi connectivity index (χ4v) is 7.06. The summed E-state index contributed by atoms with van der Waals surface area (Å²) >= 11 is 0. The maximum atomic E-state index is 9.87. The first-order valence-corrected chi connectivity index (χ1v) is 15.5. The number of aromatic nitrogens is 2. The summed E-state index contributed by atoms with van der Waals surface area (Å²) in [4.78, 5) is 0. The molecule has 0 aliphatic rings. The van der Waals surface area contributed by atoms with Crippen molar-refractivity contribution in [1.82, 2.24) is 9.13 Å². The number of fused-ring (bicyclic) bond motifs is 6. The first-order chi connectivity index (χ1) is 22.8. The summed E-state index contributed by atoms with van der Waals surface area (Å²) in [7, 11) is 0. The summed E-state index contributed by atoms with van der Waals surface area (Å²) in [5.41, 5.74) is 12.0. The van der Waals surface area contributed by atoms with Gasteiger partial charge in [-0.1, -0.05) is 97.1 Å². The van der Waals surface area contributed by atoms with Crippen molar-refractivity contribution in [2.75, 3.05) is 0 Å². The van der Waals surface area contributed by atoms with Crippen molar-refractivity contribution in [2.45, 2.75) is 0 Å². The van der Waals surface area contributed by atoms with Crippen molar-refractivity contribution in [3.63, 3.8) is 0 Å². The Hall–Kier alpha value is -6.37. The Kier molecular flexibility index (Phi) is 5.88. The van der Waals surface area contributed by atoms with Crippen LogP contribution < -0.4 is 0 Å². The molecular weight excluding hydrogens is 558 g/mol. The van der Waals surface area contributed by atoms with Crippen molar-refractivity contribution < 1.29 is 0 Å². The second-order valence-corrected chi connectivity index (χ2v) is 11.7. The molecular formula is C43H27N3. The van der Waals surface area contributed by atoms with Crippen LogP contribution in [0.3, 0.4) is 0 Å². The van der Waals surface area contributed by atoms with Gasteiger partial charge in [-0.05, 0) is 89.0 Å². The molecule has 0 bridgehead atoms. The van der Waals surface area contributed by atoms with Crippen LogP contribution in [0.4, 0.5) is 0 Å². The maximum Gasteiger partial charge on any atom is 0.101 e. The van der Waals surface area contributed by atoms with Crippen molar-refractivity contribution in [3.05, 3.63) is 169 Å². The zero-order valence-corrected chi connectivity index (χ0v) is 24.9. The molecule has 3 nitrogen and oxygen atoms in total. The summed E-state index contributed by atoms with van der Waals surface area (Å²) in [5.74, 6) is 0. The molecule has 3 heteroatoms. The van der Waals surface area contributed by atoms with E-state index in [9.17, 15) is 5.26 Å². The van der Waals surface area contributed by atoms with E-state index in [0.717, 1.165) is 28.0 Å². The number of benzene rings is 7. The van der Waals surface area contributed by atoms with Crippen LogP contribution in [0.1, 0.15) is 5.56 Å². The standard InChI is InChI=1S/C43H27N3/c44-28-33-11-4-7-18-39(33)46-41-20-9-6-17-36(41)38-27-32(22-24-43(38)46)30-13-10-12-29(25-30)31-21-23-42-37(26-31)35-16-5-8-19-40(35)45(42)34-14-2-1-3-15-34/h1-27H. The third kappa shape index (κ3) is 3.98. The number of rotatable bonds is 4. The van der Waals surface area contributed by atoms with Gasteiger partial charge in [-0.15, -0.1) is 0 Å². The van der Waals surface area contributed by atoms with Crippen molar-refractivity contribution in [2.24, 2.45) is 0 Å². The van der Waals surface area contributed by atoms with E-state index >= 15 is 0 Å². The van der Waals surface area contributed by atoms with Crippen LogP contribution in [0, 0.1) is 11.3 Å². The lowest BCUT2D eigenvalue weighted by Crippen LogP contribution is -1.96. The molecule has 0 atom stereocenters. The van der Waals surface area contributed by atoms with Gasteiger partial charge in [-0.3, -0.25) is 0 Å². The van der Waals surface area contributed by atoms with Gasteiger partial charge in [-0.25, -0.2) is 0 Å². The Balaban J connectivity index is 1.18. The van der Waals surface area contributed by atoms with Crippen LogP contribution in [-0.4, -0.2) is 9.13 Å². The molecule has 2 aromatic heterocycles. The molecule has 0 radical (unpaired) electrons. The number of nitrogens with zero attached hydrogens (tertiary/aromatic N) is 3. The van der Waals surface area contributed by atoms with E-state index in [1.165, 1.54) is 49.3 Å². The molecule has 7 aromatic carbocycles. The smallest absolute Gasteiger partial charge is 0.101 e. The molecule has 0 N–H and O–H groups in total. The van der Waals surface area contributed by atoms with Crippen LogP contribution in [-0.2, 0) is 0 Å². The van der Waals surface area contributed by atoms with Gasteiger partial charge in [0.2, 0.25) is 0 Å². The normalized spacial score (nSPS) is 11.5. The lowest BCUT2D eigenvalue weighted by molar-refractivity contribution is 1.17. The first-order valence-electron chi connectivity index (χ1n) is 15.5. The number of hydrogen-bond acceptors (Lipinski definition) is 1. The molecule has 0 amide bonds. The molecule has 0 aliphatic carbocycles. The number of hydrogen-bond donors (Lipinski definition) is 0. The van der Waals surface area contributed by atoms with Gasteiger partial charge in [0.1, 0.15) is 6.07 Å². The minimum Gasteiger partial charge on any atom is -0.309 e. The molecule has 46 heavy (non-hydrogen) atoms. The van der Waals surface area contributed by atoms with E-state index in [0.29, 0.717) is 5.56 Å². The van der Waals surface area contributed by atoms with Gasteiger partial charge in [0.25, 0.3) is 0 Å². The molecule has 0 saturated heterocycles. The zero-order chi connectivity index (χ0) is 30.6. The summed E-state index contributed by atoms with van der Waals surface area (Å²) in [6.07, 6.45) is 0. The molecule has 0 fully saturated rings. The van der Waals surface area contributed by atoms with Gasteiger partial charge in [0, 0.05) is 27.2 Å². The minimum absolute atomic E-state index is 0.658. The fourth-order valence-electron chi connectivity index (χ4n) is 7.06. The van der Waals surface area contributed by atoms with Crippen molar-refractivity contribution >= 4 is 43.6 Å². The molecule has 9 rings (SSSR count). The third-order valence-corrected chi connectivity index (χ3v) is 9.15. The van der Waals surface area contributed by atoms with Gasteiger partial charge < -0.3 is 9.13 Å². The molecule has 2 heterocycles. The molecule has 9 aromatic rings. The lowest BCUT2D eigenvalue weighted by Gasteiger charge is -2.10. The van der Waals surface area contributed by atoms with Crippen LogP contribution >= 0.6 is 0 Å². The van der Waals surface area contributed by atoms with Crippen molar-refractivity contribution in [3.8, 4) is 39.7 Å². The Morgan fingerprint density at radius 3 is 1.52 bits per heavy atom. The minimum atomic E-state index is 0.658. The van der Waals surface area contributed by atoms with Crippen LogP contribution in [0.25, 0.3) is 77.2 Å². The maximum absolute atomic E-state index is 9.87. The second-order valence-electron chi connectivity index (χ2n) is 11.7. The number of para-hydroxylation sites is 4. The molecule has 0 saturated carbocycles. The number of nitriles is 1. The van der Waals surface area contributed by atoms with Crippen LogP contribution in [0.2, 0.25) is 0 Å². The van der Waals surface area contributed by atoms with E-state index in [2.05, 4.69) is 155 Å². The Bertz CT molecular complexity index is 2650. The average Bonchev–Trinajstić information content (AvgIpc) is 3.64. The summed E-state index contributed by atoms with van der Waals surface area (Å²) in [6, 6.07) is 60.2. The summed E-state index contributed by atoms with van der Waals surface area (Å²) in [5, 5.41) is 14.7. The highest BCUT2D eigenvalue weighted by Crippen LogP contribution is 2.38. The van der Waals surface area contributed by atoms with Gasteiger partial charge >= 0.3 is 0 Å². The predicted molar refractivity (Wildman–Crippen MR) is 191 cm³/mol. The van der Waals surface area contributed by atoms with E-state index in [4.69, 9.17) is 0 Å². The topological polar surface area (TPSA) is 33.6 Å². The van der Waals surface area contributed by atoms with E-state index in [1.54, 1.807) is 0 Å². The largest absolute Gasteiger partial charge is 0.309 e. The van der Waals surface area contributed by atoms with Crippen LogP contribution in [0.15, 0.2) is 164 Å². The molecule has 0 spiro atoms. The third-order valence-electron chi connectivity index (χ3n) is 9.15. The molecule has 0 aliphatic heterocycles. The lowest BCUT2D eigenvalue weighted by atomic mass is 9.97. The predicted octanol–water partition coefficient (Wildman–Crippen LogP) is 11.1. The Labute approximate surface area is 266 Å². The SMILES string of the molecule is N#Cc1ccccc1-n1c2ccccc2c2cc(-c3cccc(-c4ccc5c(c4)c4ccccc4n5-c4ccccc4)c3)ccc21. The Morgan fingerprint density at radius 2 is 0.870 bits per heavy atom. The van der Waals surface area contributed by atoms with Crippen molar-refractivity contribution in [1.29, 1.82) is 5.26 Å². The van der Waals surface area contributed by atoms with E-state index < -0.39 is 0 Å². The van der Waals surface area contributed by atoms with E-state index in [1.807, 2.05) is 24.3 Å². The van der Waals surface area contributed by atoms with Gasteiger partial charge in [0.15, 0.2) is 0 Å². The average molecular weight is 586 g/mol. The Morgan fingerprint density at radius 1 is 0.370 bits per heavy atom. The summed E-state index contributed by atoms with van der Waals surface area (Å²) in [6.45, 7) is 0. The van der Waals surface area contributed by atoms with E-state index in [-0.39, 0.29) is 0 Å². The summed E-state index contributed by atoms with van der Waals surface area (Å²) < 4.78 is 4.57. The molecule has 0 unspecified atom stereocenters. The first kappa shape index (κ1) is 26.1.